The third-order valence-corrected chi connectivity index (χ3v) is 2.56. The van der Waals surface area contributed by atoms with Crippen molar-refractivity contribution in [3.63, 3.8) is 0 Å². The molecule has 0 aliphatic heterocycles. The summed E-state index contributed by atoms with van der Waals surface area (Å²) in [6, 6.07) is 1.61. The molecule has 114 valence electrons. The Kier molecular flexibility index (Phi) is 6.96. The van der Waals surface area contributed by atoms with E-state index in [1.54, 1.807) is 33.9 Å². The second-order valence-electron chi connectivity index (χ2n) is 5.10. The van der Waals surface area contributed by atoms with Crippen molar-refractivity contribution in [3.05, 3.63) is 23.0 Å². The van der Waals surface area contributed by atoms with E-state index < -0.39 is 11.7 Å². The average Bonchev–Trinajstić information content (AvgIpc) is 2.25. The Morgan fingerprint density at radius 1 is 1.45 bits per heavy atom. The van der Waals surface area contributed by atoms with Crippen LogP contribution in [-0.2, 0) is 9.47 Å². The zero-order valence-electron chi connectivity index (χ0n) is 11.8. The van der Waals surface area contributed by atoms with Crippen molar-refractivity contribution in [2.45, 2.75) is 46.8 Å². The molecule has 1 unspecified atom stereocenters. The molecule has 1 amide bonds. The monoisotopic (exact) mass is 302 g/mol. The van der Waals surface area contributed by atoms with E-state index in [0.29, 0.717) is 16.4 Å². The van der Waals surface area contributed by atoms with Gasteiger partial charge in [0.1, 0.15) is 5.60 Å². The van der Waals surface area contributed by atoms with Gasteiger partial charge in [-0.3, -0.25) is 10.3 Å². The molecule has 0 bridgehead atoms. The van der Waals surface area contributed by atoms with Crippen molar-refractivity contribution in [2.75, 3.05) is 12.4 Å². The minimum atomic E-state index is -0.550. The molecule has 1 atom stereocenters. The van der Waals surface area contributed by atoms with E-state index in [0.717, 1.165) is 0 Å². The first-order valence-electron chi connectivity index (χ1n) is 5.91. The number of methoxy groups -OCH3 is 1. The van der Waals surface area contributed by atoms with E-state index in [2.05, 4.69) is 10.3 Å². The smallest absolute Gasteiger partial charge is 0.412 e. The van der Waals surface area contributed by atoms with Crippen LogP contribution in [0.5, 0.6) is 0 Å². The number of pyridine rings is 1. The summed E-state index contributed by atoms with van der Waals surface area (Å²) in [4.78, 5) is 15.8. The fourth-order valence-corrected chi connectivity index (χ4v) is 1.67. The Morgan fingerprint density at radius 2 is 2.05 bits per heavy atom. The molecular formula is C14H23ClN2O3. The van der Waals surface area contributed by atoms with Gasteiger partial charge in [-0.25, -0.2) is 4.79 Å². The Balaban J connectivity index is 0.00000361. The number of aromatic nitrogens is 1. The summed E-state index contributed by atoms with van der Waals surface area (Å²) < 4.78 is 10.3. The maximum atomic E-state index is 11.6. The molecule has 0 aromatic carbocycles. The summed E-state index contributed by atoms with van der Waals surface area (Å²) in [5, 5.41) is 3.01. The standard InChI is InChI=1S/C13H19ClN2O3.CH4/c1-8(18-5)11-10(14)6-9(7-15-11)16-12(17)19-13(2,3)4;/h6-8H,1-5H3,(H,16,17);1H4. The van der Waals surface area contributed by atoms with Crippen LogP contribution in [0, 0.1) is 0 Å². The van der Waals surface area contributed by atoms with Gasteiger partial charge >= 0.3 is 6.09 Å². The molecule has 5 nitrogen and oxygen atoms in total. The maximum absolute atomic E-state index is 11.6. The Hall–Kier alpha value is -1.33. The number of nitrogens with zero attached hydrogens (tertiary/aromatic N) is 1. The van der Waals surface area contributed by atoms with Crippen LogP contribution in [-0.4, -0.2) is 23.8 Å². The predicted octanol–water partition coefficient (Wildman–Crippen LogP) is 4.43. The number of anilines is 1. The van der Waals surface area contributed by atoms with Gasteiger partial charge < -0.3 is 9.47 Å². The number of hydrogen-bond donors (Lipinski definition) is 1. The van der Waals surface area contributed by atoms with Crippen LogP contribution in [0.15, 0.2) is 12.3 Å². The lowest BCUT2D eigenvalue weighted by Crippen LogP contribution is -2.27. The van der Waals surface area contributed by atoms with Crippen LogP contribution in [0.2, 0.25) is 5.02 Å². The van der Waals surface area contributed by atoms with Crippen molar-refractivity contribution in [2.24, 2.45) is 0 Å². The van der Waals surface area contributed by atoms with Gasteiger partial charge in [0.05, 0.1) is 28.7 Å². The minimum absolute atomic E-state index is 0. The van der Waals surface area contributed by atoms with Gasteiger partial charge in [-0.15, -0.1) is 0 Å². The summed E-state index contributed by atoms with van der Waals surface area (Å²) in [5.41, 5.74) is 0.552. The topological polar surface area (TPSA) is 60.5 Å². The summed E-state index contributed by atoms with van der Waals surface area (Å²) in [6.45, 7) is 7.22. The Morgan fingerprint density at radius 3 is 2.50 bits per heavy atom. The van der Waals surface area contributed by atoms with Crippen molar-refractivity contribution in [1.29, 1.82) is 0 Å². The number of carbonyl (C=O) groups excluding carboxylic acids is 1. The number of halogens is 1. The normalized spacial score (nSPS) is 12.3. The number of rotatable bonds is 3. The van der Waals surface area contributed by atoms with Crippen LogP contribution in [0.1, 0.15) is 46.9 Å². The zero-order valence-corrected chi connectivity index (χ0v) is 12.5. The van der Waals surface area contributed by atoms with Crippen molar-refractivity contribution in [3.8, 4) is 0 Å². The Bertz CT molecular complexity index is 458. The number of ether oxygens (including phenoxy) is 2. The molecule has 0 saturated heterocycles. The summed E-state index contributed by atoms with van der Waals surface area (Å²) >= 11 is 6.08. The maximum Gasteiger partial charge on any atom is 0.412 e. The first-order valence-corrected chi connectivity index (χ1v) is 6.29. The average molecular weight is 303 g/mol. The van der Waals surface area contributed by atoms with Crippen LogP contribution < -0.4 is 5.32 Å². The molecular weight excluding hydrogens is 280 g/mol. The van der Waals surface area contributed by atoms with Gasteiger partial charge in [-0.2, -0.15) is 0 Å². The quantitative estimate of drug-likeness (QED) is 0.897. The first kappa shape index (κ1) is 18.7. The zero-order chi connectivity index (χ0) is 14.6. The van der Waals surface area contributed by atoms with Gasteiger partial charge in [0.15, 0.2) is 0 Å². The SMILES string of the molecule is C.COC(C)c1ncc(NC(=O)OC(C)(C)C)cc1Cl. The molecule has 0 fully saturated rings. The highest BCUT2D eigenvalue weighted by atomic mass is 35.5. The molecule has 0 aliphatic rings. The number of nitrogens with one attached hydrogen (secondary N) is 1. The lowest BCUT2D eigenvalue weighted by atomic mass is 10.2. The van der Waals surface area contributed by atoms with Gasteiger partial charge in [0.2, 0.25) is 0 Å². The third-order valence-electron chi connectivity index (χ3n) is 2.25. The number of hydrogen-bond acceptors (Lipinski definition) is 4. The van der Waals surface area contributed by atoms with Crippen LogP contribution in [0.25, 0.3) is 0 Å². The van der Waals surface area contributed by atoms with Crippen LogP contribution in [0.3, 0.4) is 0 Å². The predicted molar refractivity (Wildman–Crippen MR) is 81.3 cm³/mol. The van der Waals surface area contributed by atoms with Crippen molar-refractivity contribution in [1.82, 2.24) is 4.98 Å². The van der Waals surface area contributed by atoms with Crippen LogP contribution >= 0.6 is 11.6 Å². The van der Waals surface area contributed by atoms with E-state index in [1.165, 1.54) is 6.20 Å². The molecule has 1 heterocycles. The molecule has 1 aromatic heterocycles. The lowest BCUT2D eigenvalue weighted by molar-refractivity contribution is 0.0636. The highest BCUT2D eigenvalue weighted by molar-refractivity contribution is 6.31. The molecule has 6 heteroatoms. The molecule has 20 heavy (non-hydrogen) atoms. The molecule has 0 aliphatic carbocycles. The van der Waals surface area contributed by atoms with Crippen molar-refractivity contribution < 1.29 is 14.3 Å². The minimum Gasteiger partial charge on any atom is -0.444 e. The summed E-state index contributed by atoms with van der Waals surface area (Å²) in [5.74, 6) is 0. The lowest BCUT2D eigenvalue weighted by Gasteiger charge is -2.20. The summed E-state index contributed by atoms with van der Waals surface area (Å²) in [6.07, 6.45) is 0.765. The van der Waals surface area contributed by atoms with E-state index in [9.17, 15) is 4.79 Å². The molecule has 0 saturated carbocycles. The van der Waals surface area contributed by atoms with Gasteiger partial charge in [0.25, 0.3) is 0 Å². The number of carbonyl (C=O) groups is 1. The molecule has 1 rings (SSSR count). The van der Waals surface area contributed by atoms with Gasteiger partial charge in [0, 0.05) is 7.11 Å². The fraction of sp³-hybridized carbons (Fsp3) is 0.571. The second kappa shape index (κ2) is 7.45. The molecule has 1 N–H and O–H groups in total. The molecule has 0 spiro atoms. The van der Waals surface area contributed by atoms with E-state index >= 15 is 0 Å². The van der Waals surface area contributed by atoms with Gasteiger partial charge in [-0.05, 0) is 33.8 Å². The highest BCUT2D eigenvalue weighted by Gasteiger charge is 2.17. The fourth-order valence-electron chi connectivity index (χ4n) is 1.35. The van der Waals surface area contributed by atoms with E-state index in [4.69, 9.17) is 21.1 Å². The molecule has 1 aromatic rings. The Labute approximate surface area is 125 Å². The second-order valence-corrected chi connectivity index (χ2v) is 5.50. The highest BCUT2D eigenvalue weighted by Crippen LogP contribution is 2.25. The first-order chi connectivity index (χ1) is 8.73. The van der Waals surface area contributed by atoms with Gasteiger partial charge in [-0.1, -0.05) is 19.0 Å². The summed E-state index contributed by atoms with van der Waals surface area (Å²) in [7, 11) is 1.58. The third kappa shape index (κ3) is 5.75. The largest absolute Gasteiger partial charge is 0.444 e. The van der Waals surface area contributed by atoms with Crippen LogP contribution in [0.4, 0.5) is 10.5 Å². The van der Waals surface area contributed by atoms with Crippen molar-refractivity contribution >= 4 is 23.4 Å². The van der Waals surface area contributed by atoms with E-state index in [-0.39, 0.29) is 13.5 Å². The van der Waals surface area contributed by atoms with E-state index in [1.807, 2.05) is 6.92 Å². The number of amides is 1. The molecule has 0 radical (unpaired) electrons.